The molecule has 1 aliphatic heterocycles. The Bertz CT molecular complexity index is 1090. The minimum Gasteiger partial charge on any atom is -0.496 e. The van der Waals surface area contributed by atoms with Crippen molar-refractivity contribution in [2.75, 3.05) is 32.6 Å². The predicted molar refractivity (Wildman–Crippen MR) is 124 cm³/mol. The van der Waals surface area contributed by atoms with E-state index in [0.717, 1.165) is 53.2 Å². The number of nitrogens with one attached hydrogen (secondary N) is 2. The summed E-state index contributed by atoms with van der Waals surface area (Å²) < 4.78 is 10.8. The largest absolute Gasteiger partial charge is 0.496 e. The van der Waals surface area contributed by atoms with Crippen molar-refractivity contribution in [3.63, 3.8) is 0 Å². The number of ether oxygens (including phenoxy) is 2. The molecule has 4 rings (SSSR count). The number of likely N-dealkylation sites (tertiary alicyclic amines) is 1. The molecule has 2 N–H and O–H groups in total. The second-order valence-corrected chi connectivity index (χ2v) is 8.67. The topological polar surface area (TPSA) is 92.4 Å². The number of aromatic amines is 1. The van der Waals surface area contributed by atoms with Gasteiger partial charge in [-0.3, -0.25) is 9.89 Å². The predicted octanol–water partition coefficient (Wildman–Crippen LogP) is 3.71. The second kappa shape index (κ2) is 9.16. The molecule has 1 amide bonds. The van der Waals surface area contributed by atoms with Gasteiger partial charge in [-0.15, -0.1) is 0 Å². The van der Waals surface area contributed by atoms with Crippen LogP contribution in [0.3, 0.4) is 0 Å². The zero-order chi connectivity index (χ0) is 22.7. The van der Waals surface area contributed by atoms with Crippen molar-refractivity contribution in [2.24, 2.45) is 0 Å². The highest BCUT2D eigenvalue weighted by atomic mass is 16.5. The number of nitrogens with zero attached hydrogens (tertiary/aromatic N) is 3. The fourth-order valence-electron chi connectivity index (χ4n) is 4.18. The Hall–Kier alpha value is -3.13. The molecule has 8 heteroatoms. The van der Waals surface area contributed by atoms with E-state index in [1.807, 2.05) is 55.1 Å². The maximum absolute atomic E-state index is 12.8. The van der Waals surface area contributed by atoms with Gasteiger partial charge in [0.25, 0.3) is 5.91 Å². The third-order valence-electron chi connectivity index (χ3n) is 6.24. The summed E-state index contributed by atoms with van der Waals surface area (Å²) >= 11 is 0. The molecule has 1 atom stereocenters. The van der Waals surface area contributed by atoms with Gasteiger partial charge in [-0.2, -0.15) is 5.10 Å². The number of pyridine rings is 1. The van der Waals surface area contributed by atoms with Crippen LogP contribution in [-0.4, -0.2) is 58.9 Å². The lowest BCUT2D eigenvalue weighted by Gasteiger charge is -2.36. The molecule has 1 aliphatic rings. The van der Waals surface area contributed by atoms with Crippen molar-refractivity contribution in [3.05, 3.63) is 47.7 Å². The van der Waals surface area contributed by atoms with Crippen LogP contribution in [0.25, 0.3) is 11.0 Å². The minimum atomic E-state index is -0.815. The molecule has 8 nitrogen and oxygen atoms in total. The van der Waals surface area contributed by atoms with Gasteiger partial charge >= 0.3 is 0 Å². The Balaban J connectivity index is 1.48. The molecule has 1 saturated heterocycles. The Labute approximate surface area is 188 Å². The molecule has 2 aromatic heterocycles. The number of H-pyrrole nitrogens is 1. The molecule has 0 spiro atoms. The Morgan fingerprint density at radius 3 is 2.84 bits per heavy atom. The SMILES string of the molecule is COc1ccccc1CNc1n[nH]c2nc(C3CCCN(C(=O)C(C)(C)OC)C3)ccc12. The summed E-state index contributed by atoms with van der Waals surface area (Å²) in [5, 5.41) is 11.8. The Morgan fingerprint density at radius 2 is 2.06 bits per heavy atom. The fraction of sp³-hybridized carbons (Fsp3) is 0.458. The first-order chi connectivity index (χ1) is 15.4. The Kier molecular flexibility index (Phi) is 6.32. The standard InChI is InChI=1S/C24H31N5O3/c1-24(2,32-4)23(30)29-13-7-9-17(15-29)19-12-11-18-21(27-28-22(18)26-19)25-14-16-8-5-6-10-20(16)31-3/h5-6,8,10-12,17H,7,9,13-15H2,1-4H3,(H2,25,26,27,28). The number of methoxy groups -OCH3 is 2. The highest BCUT2D eigenvalue weighted by molar-refractivity contribution is 5.87. The van der Waals surface area contributed by atoms with Gasteiger partial charge in [0.1, 0.15) is 11.4 Å². The van der Waals surface area contributed by atoms with Crippen LogP contribution in [0.2, 0.25) is 0 Å². The summed E-state index contributed by atoms with van der Waals surface area (Å²) in [6.45, 7) is 5.63. The number of aromatic nitrogens is 3. The number of hydrogen-bond acceptors (Lipinski definition) is 6. The van der Waals surface area contributed by atoms with E-state index in [0.29, 0.717) is 13.1 Å². The van der Waals surface area contributed by atoms with Crippen LogP contribution in [0.15, 0.2) is 36.4 Å². The van der Waals surface area contributed by atoms with Gasteiger partial charge in [-0.05, 0) is 44.9 Å². The summed E-state index contributed by atoms with van der Waals surface area (Å²) in [6.07, 6.45) is 1.95. The van der Waals surface area contributed by atoms with Gasteiger partial charge in [0.2, 0.25) is 0 Å². The van der Waals surface area contributed by atoms with E-state index in [4.69, 9.17) is 14.5 Å². The fourth-order valence-corrected chi connectivity index (χ4v) is 4.18. The van der Waals surface area contributed by atoms with Crippen LogP contribution in [0.5, 0.6) is 5.75 Å². The van der Waals surface area contributed by atoms with Crippen molar-refractivity contribution in [3.8, 4) is 5.75 Å². The van der Waals surface area contributed by atoms with Gasteiger partial charge in [0.15, 0.2) is 11.5 Å². The van der Waals surface area contributed by atoms with Crippen LogP contribution >= 0.6 is 0 Å². The monoisotopic (exact) mass is 437 g/mol. The molecule has 3 heterocycles. The molecule has 32 heavy (non-hydrogen) atoms. The molecule has 3 aromatic rings. The number of carbonyl (C=O) groups excluding carboxylic acids is 1. The number of carbonyl (C=O) groups is 1. The average molecular weight is 438 g/mol. The number of anilines is 1. The normalized spacial score (nSPS) is 16.9. The van der Waals surface area contributed by atoms with Crippen LogP contribution in [-0.2, 0) is 16.1 Å². The first kappa shape index (κ1) is 22.1. The summed E-state index contributed by atoms with van der Waals surface area (Å²) in [6, 6.07) is 12.0. The van der Waals surface area contributed by atoms with E-state index in [-0.39, 0.29) is 11.8 Å². The van der Waals surface area contributed by atoms with E-state index < -0.39 is 5.60 Å². The lowest BCUT2D eigenvalue weighted by molar-refractivity contribution is -0.152. The summed E-state index contributed by atoms with van der Waals surface area (Å²) in [7, 11) is 3.25. The number of rotatable bonds is 7. The lowest BCUT2D eigenvalue weighted by atomic mass is 9.93. The third-order valence-corrected chi connectivity index (χ3v) is 6.24. The van der Waals surface area contributed by atoms with Crippen molar-refractivity contribution >= 4 is 22.8 Å². The quantitative estimate of drug-likeness (QED) is 0.585. The highest BCUT2D eigenvalue weighted by Gasteiger charge is 2.35. The van der Waals surface area contributed by atoms with Crippen molar-refractivity contribution < 1.29 is 14.3 Å². The molecule has 0 aliphatic carbocycles. The minimum absolute atomic E-state index is 0.0233. The van der Waals surface area contributed by atoms with Crippen LogP contribution in [0.1, 0.15) is 43.9 Å². The van der Waals surface area contributed by atoms with Gasteiger partial charge < -0.3 is 19.7 Å². The number of fused-ring (bicyclic) bond motifs is 1. The van der Waals surface area contributed by atoms with Gasteiger partial charge in [0, 0.05) is 43.9 Å². The molecule has 1 aromatic carbocycles. The smallest absolute Gasteiger partial charge is 0.254 e. The van der Waals surface area contributed by atoms with Crippen molar-refractivity contribution in [1.82, 2.24) is 20.1 Å². The van der Waals surface area contributed by atoms with Gasteiger partial charge in [-0.1, -0.05) is 18.2 Å². The van der Waals surface area contributed by atoms with Crippen LogP contribution in [0, 0.1) is 0 Å². The van der Waals surface area contributed by atoms with Crippen molar-refractivity contribution in [1.29, 1.82) is 0 Å². The Morgan fingerprint density at radius 1 is 1.25 bits per heavy atom. The number of para-hydroxylation sites is 1. The first-order valence-corrected chi connectivity index (χ1v) is 11.0. The van der Waals surface area contributed by atoms with Crippen LogP contribution < -0.4 is 10.1 Å². The van der Waals surface area contributed by atoms with E-state index >= 15 is 0 Å². The first-order valence-electron chi connectivity index (χ1n) is 11.0. The van der Waals surface area contributed by atoms with E-state index in [1.54, 1.807) is 14.2 Å². The van der Waals surface area contributed by atoms with Gasteiger partial charge in [-0.25, -0.2) is 4.98 Å². The molecule has 1 fully saturated rings. The number of piperidine rings is 1. The number of benzene rings is 1. The zero-order valence-corrected chi connectivity index (χ0v) is 19.1. The van der Waals surface area contributed by atoms with E-state index in [9.17, 15) is 4.79 Å². The van der Waals surface area contributed by atoms with E-state index in [1.165, 1.54) is 0 Å². The maximum Gasteiger partial charge on any atom is 0.254 e. The molecular weight excluding hydrogens is 406 g/mol. The summed E-state index contributed by atoms with van der Waals surface area (Å²) in [5.41, 5.74) is 1.96. The zero-order valence-electron chi connectivity index (χ0n) is 19.1. The van der Waals surface area contributed by atoms with Crippen LogP contribution in [0.4, 0.5) is 5.82 Å². The lowest BCUT2D eigenvalue weighted by Crippen LogP contribution is -2.49. The second-order valence-electron chi connectivity index (χ2n) is 8.67. The number of hydrogen-bond donors (Lipinski definition) is 2. The molecule has 0 radical (unpaired) electrons. The molecule has 0 saturated carbocycles. The molecule has 170 valence electrons. The third kappa shape index (κ3) is 4.41. The molecule has 0 bridgehead atoms. The summed E-state index contributed by atoms with van der Waals surface area (Å²) in [5.74, 6) is 1.81. The molecule has 1 unspecified atom stereocenters. The number of amides is 1. The highest BCUT2D eigenvalue weighted by Crippen LogP contribution is 2.30. The van der Waals surface area contributed by atoms with Crippen molar-refractivity contribution in [2.45, 2.75) is 44.8 Å². The average Bonchev–Trinajstić information content (AvgIpc) is 3.24. The molecular formula is C24H31N5O3. The maximum atomic E-state index is 12.8. The van der Waals surface area contributed by atoms with Gasteiger partial charge in [0.05, 0.1) is 12.5 Å². The summed E-state index contributed by atoms with van der Waals surface area (Å²) in [4.78, 5) is 19.6. The van der Waals surface area contributed by atoms with E-state index in [2.05, 4.69) is 15.5 Å².